The largest absolute Gasteiger partial charge is 0.396 e. The summed E-state index contributed by atoms with van der Waals surface area (Å²) in [6, 6.07) is 9.24. The lowest BCUT2D eigenvalue weighted by molar-refractivity contribution is 0.102. The van der Waals surface area contributed by atoms with Crippen molar-refractivity contribution >= 4 is 23.4 Å². The minimum absolute atomic E-state index is 0.0502. The lowest BCUT2D eigenvalue weighted by Crippen LogP contribution is -2.14. The Labute approximate surface area is 207 Å². The van der Waals surface area contributed by atoms with Crippen LogP contribution in [-0.4, -0.2) is 27.7 Å². The summed E-state index contributed by atoms with van der Waals surface area (Å²) in [7, 11) is 1.50. The van der Waals surface area contributed by atoms with E-state index in [0.29, 0.717) is 29.1 Å². The van der Waals surface area contributed by atoms with Crippen LogP contribution in [-0.2, 0) is 12.8 Å². The second-order valence-corrected chi connectivity index (χ2v) is 8.17. The van der Waals surface area contributed by atoms with Crippen LogP contribution in [0.1, 0.15) is 32.7 Å². The number of pyridine rings is 1. The second kappa shape index (κ2) is 10.1. The van der Waals surface area contributed by atoms with E-state index in [-0.39, 0.29) is 17.3 Å². The van der Waals surface area contributed by atoms with Crippen LogP contribution in [0.3, 0.4) is 0 Å². The van der Waals surface area contributed by atoms with Crippen molar-refractivity contribution in [2.24, 2.45) is 5.73 Å². The van der Waals surface area contributed by atoms with E-state index >= 15 is 0 Å². The van der Waals surface area contributed by atoms with E-state index < -0.39 is 11.6 Å². The van der Waals surface area contributed by atoms with E-state index in [4.69, 9.17) is 5.73 Å². The molecule has 1 aliphatic carbocycles. The number of benzene rings is 2. The van der Waals surface area contributed by atoms with Gasteiger partial charge in [0.1, 0.15) is 11.5 Å². The number of halogens is 2. The zero-order valence-electron chi connectivity index (χ0n) is 20.0. The van der Waals surface area contributed by atoms with Crippen molar-refractivity contribution in [3.8, 4) is 16.9 Å². The molecule has 0 bridgehead atoms. The Morgan fingerprint density at radius 1 is 1.14 bits per heavy atom. The molecule has 2 heterocycles. The lowest BCUT2D eigenvalue weighted by atomic mass is 9.88. The fourth-order valence-electron chi connectivity index (χ4n) is 4.32. The van der Waals surface area contributed by atoms with Crippen molar-refractivity contribution in [2.45, 2.75) is 19.8 Å². The summed E-state index contributed by atoms with van der Waals surface area (Å²) >= 11 is 0. The molecule has 0 saturated heterocycles. The Morgan fingerprint density at radius 2 is 1.92 bits per heavy atom. The topological polar surface area (TPSA) is 112 Å². The highest BCUT2D eigenvalue weighted by Crippen LogP contribution is 2.39. The van der Waals surface area contributed by atoms with Crippen LogP contribution in [0.4, 0.5) is 20.2 Å². The number of anilines is 2. The summed E-state index contributed by atoms with van der Waals surface area (Å²) in [5.41, 5.74) is 15.5. The third-order valence-corrected chi connectivity index (χ3v) is 6.03. The number of aromatic nitrogens is 3. The van der Waals surface area contributed by atoms with Crippen molar-refractivity contribution in [3.05, 3.63) is 95.0 Å². The maximum Gasteiger partial charge on any atom is 0.256 e. The molecule has 1 aliphatic rings. The van der Waals surface area contributed by atoms with Gasteiger partial charge in [0.25, 0.3) is 5.91 Å². The molecule has 7 nitrogen and oxygen atoms in total. The third kappa shape index (κ3) is 4.36. The van der Waals surface area contributed by atoms with Crippen LogP contribution in [0.2, 0.25) is 0 Å². The number of nitrogens with zero attached hydrogens (tertiary/aromatic N) is 3. The molecule has 0 fully saturated rings. The summed E-state index contributed by atoms with van der Waals surface area (Å²) in [6.07, 6.45) is 6.21. The molecule has 1 amide bonds. The summed E-state index contributed by atoms with van der Waals surface area (Å²) < 4.78 is 30.5. The normalized spacial score (nSPS) is 11.6. The van der Waals surface area contributed by atoms with Crippen molar-refractivity contribution in [3.63, 3.8) is 0 Å². The van der Waals surface area contributed by atoms with Gasteiger partial charge in [0, 0.05) is 46.9 Å². The first-order chi connectivity index (χ1) is 17.4. The molecule has 0 unspecified atom stereocenters. The predicted octanol–water partition coefficient (Wildman–Crippen LogP) is 4.67. The van der Waals surface area contributed by atoms with Crippen molar-refractivity contribution in [1.29, 1.82) is 0 Å². The molecule has 5 rings (SSSR count). The molecular formula is C27H26F2N6O. The Balaban J connectivity index is 0.00000148. The monoisotopic (exact) mass is 488 g/mol. The average Bonchev–Trinajstić information content (AvgIpc) is 3.26. The fourth-order valence-corrected chi connectivity index (χ4v) is 4.32. The van der Waals surface area contributed by atoms with Gasteiger partial charge in [0.2, 0.25) is 0 Å². The van der Waals surface area contributed by atoms with Gasteiger partial charge in [-0.25, -0.2) is 13.5 Å². The number of aryl methyl sites for hydroxylation is 2. The zero-order valence-corrected chi connectivity index (χ0v) is 20.0. The molecular weight excluding hydrogens is 462 g/mol. The number of carbonyl (C=O) groups excluding carboxylic acids is 1. The molecule has 184 valence electrons. The van der Waals surface area contributed by atoms with E-state index in [9.17, 15) is 13.6 Å². The third-order valence-electron chi connectivity index (χ3n) is 6.03. The van der Waals surface area contributed by atoms with Gasteiger partial charge in [-0.3, -0.25) is 9.78 Å². The van der Waals surface area contributed by atoms with Gasteiger partial charge < -0.3 is 16.8 Å². The van der Waals surface area contributed by atoms with Crippen LogP contribution in [0.25, 0.3) is 23.0 Å². The maximum atomic E-state index is 14.9. The van der Waals surface area contributed by atoms with Crippen LogP contribution < -0.4 is 16.8 Å². The predicted molar refractivity (Wildman–Crippen MR) is 138 cm³/mol. The van der Waals surface area contributed by atoms with Gasteiger partial charge in [-0.05, 0) is 62.2 Å². The van der Waals surface area contributed by atoms with Crippen LogP contribution in [0.15, 0.2) is 55.4 Å². The minimum Gasteiger partial charge on any atom is -0.396 e. The number of nitrogens with one attached hydrogen (secondary N) is 1. The average molecular weight is 489 g/mol. The van der Waals surface area contributed by atoms with E-state index in [1.54, 1.807) is 24.5 Å². The summed E-state index contributed by atoms with van der Waals surface area (Å²) in [4.78, 5) is 16.9. The number of nitrogens with two attached hydrogens (primary N) is 2. The fraction of sp³-hybridized carbons (Fsp3) is 0.148. The highest BCUT2D eigenvalue weighted by Gasteiger charge is 2.27. The molecule has 0 aliphatic heterocycles. The van der Waals surface area contributed by atoms with Crippen LogP contribution >= 0.6 is 0 Å². The molecule has 36 heavy (non-hydrogen) atoms. The second-order valence-electron chi connectivity index (χ2n) is 8.17. The highest BCUT2D eigenvalue weighted by molar-refractivity contribution is 6.05. The first-order valence-corrected chi connectivity index (χ1v) is 11.3. The number of nitrogen functional groups attached to an aromatic ring is 1. The first-order valence-electron chi connectivity index (χ1n) is 11.3. The number of hydrogen-bond acceptors (Lipinski definition) is 5. The van der Waals surface area contributed by atoms with Gasteiger partial charge in [0.15, 0.2) is 5.82 Å². The number of carbonyl (C=O) groups is 1. The van der Waals surface area contributed by atoms with Gasteiger partial charge >= 0.3 is 0 Å². The van der Waals surface area contributed by atoms with Crippen LogP contribution in [0.5, 0.6) is 0 Å². The number of amides is 1. The van der Waals surface area contributed by atoms with Crippen LogP contribution in [0, 0.1) is 18.6 Å². The molecule has 0 radical (unpaired) electrons. The first kappa shape index (κ1) is 24.7. The number of hydrogen-bond donors (Lipinski definition) is 3. The number of rotatable bonds is 4. The standard InChI is InChI=1S/C26H21F2N5O.CH5N/c1-3-23-18-7-5-15-4-6-16(31-26(34)17-8-9-30-13-14(17)2)10-19(15)25(18)33(32-23)24-12-20(27)22(29)11-21(24)28;1-2/h3-4,6,8-13H,1,5,7,29H2,2H3,(H,31,34);2H2,1H3. The quantitative estimate of drug-likeness (QED) is 0.362. The molecule has 0 atom stereocenters. The molecule has 4 aromatic rings. The zero-order chi connectivity index (χ0) is 26.0. The number of fused-ring (bicyclic) bond motifs is 3. The maximum absolute atomic E-state index is 14.9. The van der Waals surface area contributed by atoms with Gasteiger partial charge in [0.05, 0.1) is 17.1 Å². The molecule has 5 N–H and O–H groups in total. The minimum atomic E-state index is -0.731. The molecule has 2 aromatic carbocycles. The van der Waals surface area contributed by atoms with Gasteiger partial charge in [-0.1, -0.05) is 12.6 Å². The van der Waals surface area contributed by atoms with Gasteiger partial charge in [-0.15, -0.1) is 0 Å². The van der Waals surface area contributed by atoms with E-state index in [1.807, 2.05) is 25.1 Å². The highest BCUT2D eigenvalue weighted by atomic mass is 19.1. The van der Waals surface area contributed by atoms with Crippen molar-refractivity contribution < 1.29 is 13.6 Å². The van der Waals surface area contributed by atoms with Gasteiger partial charge in [-0.2, -0.15) is 5.10 Å². The Kier molecular flexibility index (Phi) is 6.93. The van der Waals surface area contributed by atoms with E-state index in [0.717, 1.165) is 40.8 Å². The van der Waals surface area contributed by atoms with E-state index in [1.165, 1.54) is 11.7 Å². The van der Waals surface area contributed by atoms with E-state index in [2.05, 4.69) is 27.7 Å². The molecule has 9 heteroatoms. The molecule has 2 aromatic heterocycles. The van der Waals surface area contributed by atoms with Crippen molar-refractivity contribution in [2.75, 3.05) is 18.1 Å². The molecule has 0 spiro atoms. The summed E-state index contributed by atoms with van der Waals surface area (Å²) in [5.74, 6) is -1.68. The Bertz CT molecular complexity index is 1480. The summed E-state index contributed by atoms with van der Waals surface area (Å²) in [6.45, 7) is 5.65. The SMILES string of the molecule is C=Cc1nn(-c2cc(F)c(N)cc2F)c2c1CCc1ccc(NC(=O)c3ccncc3C)cc1-2.CN. The lowest BCUT2D eigenvalue weighted by Gasteiger charge is -2.20. The Hall–Kier alpha value is -4.37. The smallest absolute Gasteiger partial charge is 0.256 e. The Morgan fingerprint density at radius 3 is 2.64 bits per heavy atom. The summed E-state index contributed by atoms with van der Waals surface area (Å²) in [5, 5.41) is 7.44. The molecule has 0 saturated carbocycles. The van der Waals surface area contributed by atoms with Crippen molar-refractivity contribution in [1.82, 2.24) is 14.8 Å².